The normalized spacial score (nSPS) is 12.0. The zero-order valence-electron chi connectivity index (χ0n) is 14.7. The van der Waals surface area contributed by atoms with Crippen LogP contribution in [0.1, 0.15) is 110 Å². The molecule has 0 aliphatic carbocycles. The summed E-state index contributed by atoms with van der Waals surface area (Å²) in [7, 11) is 0. The van der Waals surface area contributed by atoms with Crippen LogP contribution in [0, 0.1) is 0 Å². The van der Waals surface area contributed by atoms with Gasteiger partial charge in [0.05, 0.1) is 0 Å². The molecule has 0 aliphatic heterocycles. The summed E-state index contributed by atoms with van der Waals surface area (Å²) in [5.41, 5.74) is 0. The Balaban J connectivity index is 3.00. The molecule has 0 bridgehead atoms. The van der Waals surface area contributed by atoms with Gasteiger partial charge in [0.2, 0.25) is 0 Å². The molecule has 0 nitrogen and oxygen atoms in total. The van der Waals surface area contributed by atoms with Crippen LogP contribution in [0.25, 0.3) is 0 Å². The molecule has 0 N–H and O–H groups in total. The maximum atomic E-state index is 3.70. The standard InChI is InChI=1S/C18H37Br3Si/c1-2-3-4-5-6-7-8-9-10-11-12-13-14-15-16-17-18-22(19,20)21/h2-18H2,1H3. The van der Waals surface area contributed by atoms with Gasteiger partial charge in [-0.1, -0.05) is 156 Å². The molecule has 0 fully saturated rings. The molecule has 0 spiro atoms. The lowest BCUT2D eigenvalue weighted by Crippen LogP contribution is -2.04. The third kappa shape index (κ3) is 21.7. The van der Waals surface area contributed by atoms with Gasteiger partial charge in [0.15, 0.2) is 0 Å². The second-order valence-electron chi connectivity index (χ2n) is 6.67. The molecule has 22 heavy (non-hydrogen) atoms. The van der Waals surface area contributed by atoms with Crippen molar-refractivity contribution in [3.05, 3.63) is 0 Å². The summed E-state index contributed by atoms with van der Waals surface area (Å²) in [6.07, 6.45) is 23.1. The Morgan fingerprint density at radius 2 is 0.727 bits per heavy atom. The van der Waals surface area contributed by atoms with E-state index in [1.165, 1.54) is 109 Å². The Morgan fingerprint density at radius 3 is 1.00 bits per heavy atom. The van der Waals surface area contributed by atoms with Crippen molar-refractivity contribution >= 4 is 49.8 Å². The van der Waals surface area contributed by atoms with Crippen LogP contribution in [0.2, 0.25) is 6.04 Å². The van der Waals surface area contributed by atoms with Crippen molar-refractivity contribution in [2.24, 2.45) is 0 Å². The first kappa shape index (κ1) is 23.7. The molecule has 134 valence electrons. The monoisotopic (exact) mass is 518 g/mol. The van der Waals surface area contributed by atoms with E-state index < -0.39 is 3.93 Å². The molecule has 0 amide bonds. The molecule has 0 radical (unpaired) electrons. The fraction of sp³-hybridized carbons (Fsp3) is 1.00. The maximum absolute atomic E-state index is 3.70. The lowest BCUT2D eigenvalue weighted by molar-refractivity contribution is 0.531. The predicted molar refractivity (Wildman–Crippen MR) is 117 cm³/mol. The Kier molecular flexibility index (Phi) is 18.8. The average molecular weight is 521 g/mol. The first-order valence-corrected chi connectivity index (χ1v) is 18.6. The van der Waals surface area contributed by atoms with Crippen LogP contribution in [0.4, 0.5) is 0 Å². The van der Waals surface area contributed by atoms with Crippen molar-refractivity contribution in [1.29, 1.82) is 0 Å². The van der Waals surface area contributed by atoms with E-state index in [1.807, 2.05) is 0 Å². The molecule has 0 saturated heterocycles. The topological polar surface area (TPSA) is 0 Å². The number of hydrogen-bond acceptors (Lipinski definition) is 0. The Bertz CT molecular complexity index is 217. The van der Waals surface area contributed by atoms with E-state index in [0.717, 1.165) is 0 Å². The summed E-state index contributed by atoms with van der Waals surface area (Å²) >= 11 is 11.1. The highest BCUT2D eigenvalue weighted by molar-refractivity contribution is 9.72. The first-order chi connectivity index (χ1) is 10.6. The fourth-order valence-electron chi connectivity index (χ4n) is 2.87. The minimum atomic E-state index is -1.33. The van der Waals surface area contributed by atoms with Gasteiger partial charge < -0.3 is 0 Å². The van der Waals surface area contributed by atoms with Crippen LogP contribution in [-0.2, 0) is 0 Å². The van der Waals surface area contributed by atoms with E-state index in [4.69, 9.17) is 0 Å². The molecule has 0 saturated carbocycles. The van der Waals surface area contributed by atoms with Gasteiger partial charge in [0.25, 0.3) is 3.93 Å². The minimum Gasteiger partial charge on any atom is -0.0964 e. The quantitative estimate of drug-likeness (QED) is 0.102. The van der Waals surface area contributed by atoms with E-state index in [9.17, 15) is 0 Å². The van der Waals surface area contributed by atoms with Crippen LogP contribution in [-0.4, -0.2) is 3.93 Å². The molecule has 0 aromatic rings. The Labute approximate surface area is 164 Å². The van der Waals surface area contributed by atoms with Gasteiger partial charge in [-0.15, -0.1) is 0 Å². The molecule has 0 unspecified atom stereocenters. The van der Waals surface area contributed by atoms with Gasteiger partial charge >= 0.3 is 0 Å². The van der Waals surface area contributed by atoms with Crippen LogP contribution < -0.4 is 0 Å². The van der Waals surface area contributed by atoms with Crippen LogP contribution in [0.5, 0.6) is 0 Å². The van der Waals surface area contributed by atoms with E-state index in [-0.39, 0.29) is 0 Å². The molecule has 0 aliphatic rings. The van der Waals surface area contributed by atoms with Crippen LogP contribution in [0.3, 0.4) is 0 Å². The molecule has 0 rings (SSSR count). The summed E-state index contributed by atoms with van der Waals surface area (Å²) in [6, 6.07) is 1.28. The molecular formula is C18H37Br3Si. The summed E-state index contributed by atoms with van der Waals surface area (Å²) in [5.74, 6) is 0. The van der Waals surface area contributed by atoms with Gasteiger partial charge in [0.1, 0.15) is 0 Å². The second kappa shape index (κ2) is 17.5. The van der Waals surface area contributed by atoms with Crippen molar-refractivity contribution in [2.45, 2.75) is 116 Å². The van der Waals surface area contributed by atoms with Gasteiger partial charge in [-0.25, -0.2) is 0 Å². The SMILES string of the molecule is CCCCCCCCCCCCCCCCCC[Si](Br)(Br)Br. The summed E-state index contributed by atoms with van der Waals surface area (Å²) < 4.78 is -1.33. The van der Waals surface area contributed by atoms with Crippen LogP contribution >= 0.6 is 45.9 Å². The Hall–Kier alpha value is 1.66. The van der Waals surface area contributed by atoms with Crippen molar-refractivity contribution < 1.29 is 0 Å². The third-order valence-electron chi connectivity index (χ3n) is 4.31. The Morgan fingerprint density at radius 1 is 0.455 bits per heavy atom. The van der Waals surface area contributed by atoms with E-state index in [1.54, 1.807) is 0 Å². The van der Waals surface area contributed by atoms with Gasteiger partial charge in [-0.3, -0.25) is 0 Å². The third-order valence-corrected chi connectivity index (χ3v) is 8.80. The van der Waals surface area contributed by atoms with E-state index in [0.29, 0.717) is 0 Å². The van der Waals surface area contributed by atoms with Crippen molar-refractivity contribution in [1.82, 2.24) is 0 Å². The number of halogens is 3. The van der Waals surface area contributed by atoms with Gasteiger partial charge in [-0.2, -0.15) is 0 Å². The van der Waals surface area contributed by atoms with Crippen LogP contribution in [0.15, 0.2) is 0 Å². The fourth-order valence-corrected chi connectivity index (χ4v) is 6.05. The zero-order chi connectivity index (χ0) is 16.5. The number of rotatable bonds is 17. The molecule has 0 aromatic heterocycles. The average Bonchev–Trinajstić information content (AvgIpc) is 2.45. The molecule has 4 heteroatoms. The lowest BCUT2D eigenvalue weighted by Gasteiger charge is -2.08. The summed E-state index contributed by atoms with van der Waals surface area (Å²) in [5, 5.41) is 0. The minimum absolute atomic E-state index is 1.28. The summed E-state index contributed by atoms with van der Waals surface area (Å²) in [6.45, 7) is 2.29. The molecule has 0 heterocycles. The van der Waals surface area contributed by atoms with Crippen molar-refractivity contribution in [3.63, 3.8) is 0 Å². The van der Waals surface area contributed by atoms with Gasteiger partial charge in [0, 0.05) is 0 Å². The van der Waals surface area contributed by atoms with E-state index >= 15 is 0 Å². The summed E-state index contributed by atoms with van der Waals surface area (Å²) in [4.78, 5) is 0. The lowest BCUT2D eigenvalue weighted by atomic mass is 10.0. The molecule has 0 atom stereocenters. The van der Waals surface area contributed by atoms with E-state index in [2.05, 4.69) is 52.8 Å². The highest BCUT2D eigenvalue weighted by Gasteiger charge is 2.20. The maximum Gasteiger partial charge on any atom is 0.267 e. The molecule has 0 aromatic carbocycles. The second-order valence-corrected chi connectivity index (χ2v) is 30.2. The van der Waals surface area contributed by atoms with Gasteiger partial charge in [-0.05, 0) is 6.04 Å². The largest absolute Gasteiger partial charge is 0.267 e. The predicted octanol–water partition coefficient (Wildman–Crippen LogP) is 9.37. The number of hydrogen-bond donors (Lipinski definition) is 0. The molecular weight excluding hydrogens is 484 g/mol. The van der Waals surface area contributed by atoms with Crippen molar-refractivity contribution in [3.8, 4) is 0 Å². The van der Waals surface area contributed by atoms with Crippen molar-refractivity contribution in [2.75, 3.05) is 0 Å². The smallest absolute Gasteiger partial charge is 0.0964 e. The first-order valence-electron chi connectivity index (χ1n) is 9.63. The highest BCUT2D eigenvalue weighted by Crippen LogP contribution is 2.33. The highest BCUT2D eigenvalue weighted by atomic mass is 80.0. The zero-order valence-corrected chi connectivity index (χ0v) is 20.4. The number of unbranched alkanes of at least 4 members (excludes halogenated alkanes) is 15.